The molecule has 6 nitrogen and oxygen atoms in total. The van der Waals surface area contributed by atoms with Crippen LogP contribution in [0.1, 0.15) is 17.7 Å². The number of nitrogens with zero attached hydrogens (tertiary/aromatic N) is 2. The Hall–Kier alpha value is -1.32. The summed E-state index contributed by atoms with van der Waals surface area (Å²) in [5, 5.41) is 7.61. The van der Waals surface area contributed by atoms with Gasteiger partial charge in [-0.1, -0.05) is 29.3 Å². The number of fused-ring (bicyclic) bond motifs is 1. The Morgan fingerprint density at radius 3 is 2.48 bits per heavy atom. The summed E-state index contributed by atoms with van der Waals surface area (Å²) < 4.78 is 13.2. The monoisotopic (exact) mass is 524 g/mol. The number of ether oxygens (including phenoxy) is 2. The van der Waals surface area contributed by atoms with E-state index in [9.17, 15) is 0 Å². The molecule has 0 saturated carbocycles. The molecule has 3 rings (SSSR count). The second-order valence-corrected chi connectivity index (χ2v) is 6.71. The lowest BCUT2D eigenvalue weighted by atomic mass is 10.2. The van der Waals surface area contributed by atoms with Gasteiger partial charge in [-0.2, -0.15) is 0 Å². The number of guanidine groups is 1. The van der Waals surface area contributed by atoms with E-state index in [0.29, 0.717) is 42.4 Å². The molecule has 2 aromatic rings. The van der Waals surface area contributed by atoms with Crippen LogP contribution in [0, 0.1) is 0 Å². The number of benzene rings is 1. The minimum Gasteiger partial charge on any atom is -0.490 e. The standard InChI is InChI=1S/C18H22Cl2N4O2.HI/c1-21-18(23-11-13-9-14(19)17(20)24(13)2)22-10-12-4-5-15-16(8-12)26-7-3-6-25-15;/h4-5,8-9H,3,6-7,10-11H2,1-2H3,(H2,21,22,23);1H. The van der Waals surface area contributed by atoms with Crippen LogP contribution in [-0.4, -0.2) is 30.8 Å². The van der Waals surface area contributed by atoms with Gasteiger partial charge < -0.3 is 24.7 Å². The maximum Gasteiger partial charge on any atom is 0.191 e. The highest BCUT2D eigenvalue weighted by Crippen LogP contribution is 2.30. The van der Waals surface area contributed by atoms with E-state index in [1.54, 1.807) is 7.05 Å². The summed E-state index contributed by atoms with van der Waals surface area (Å²) in [5.41, 5.74) is 2.06. The van der Waals surface area contributed by atoms with Gasteiger partial charge in [-0.25, -0.2) is 0 Å². The molecule has 0 bridgehead atoms. The molecule has 0 atom stereocenters. The van der Waals surface area contributed by atoms with Gasteiger partial charge in [0.25, 0.3) is 0 Å². The zero-order valence-corrected chi connectivity index (χ0v) is 19.1. The third kappa shape index (κ3) is 5.58. The number of rotatable bonds is 4. The van der Waals surface area contributed by atoms with Crippen LogP contribution < -0.4 is 20.1 Å². The summed E-state index contributed by atoms with van der Waals surface area (Å²) in [4.78, 5) is 4.24. The molecule has 0 spiro atoms. The van der Waals surface area contributed by atoms with Crippen LogP contribution in [0.2, 0.25) is 10.2 Å². The normalized spacial score (nSPS) is 13.6. The van der Waals surface area contributed by atoms with Crippen LogP contribution in [0.25, 0.3) is 0 Å². The van der Waals surface area contributed by atoms with Crippen molar-refractivity contribution in [3.63, 3.8) is 0 Å². The Morgan fingerprint density at radius 1 is 1.11 bits per heavy atom. The number of aliphatic imine (C=N–C) groups is 1. The van der Waals surface area contributed by atoms with E-state index in [4.69, 9.17) is 32.7 Å². The van der Waals surface area contributed by atoms with Crippen molar-refractivity contribution in [2.75, 3.05) is 20.3 Å². The maximum atomic E-state index is 6.09. The van der Waals surface area contributed by atoms with E-state index in [0.717, 1.165) is 29.2 Å². The fraction of sp³-hybridized carbons (Fsp3) is 0.389. The van der Waals surface area contributed by atoms with Gasteiger partial charge in [-0.05, 0) is 23.8 Å². The summed E-state index contributed by atoms with van der Waals surface area (Å²) >= 11 is 12.1. The van der Waals surface area contributed by atoms with Crippen molar-refractivity contribution < 1.29 is 9.47 Å². The quantitative estimate of drug-likeness (QED) is 0.361. The molecule has 0 unspecified atom stereocenters. The molecular formula is C18H23Cl2IN4O2. The highest BCUT2D eigenvalue weighted by molar-refractivity contribution is 14.0. The van der Waals surface area contributed by atoms with Crippen molar-refractivity contribution in [3.8, 4) is 11.5 Å². The molecule has 0 aliphatic carbocycles. The van der Waals surface area contributed by atoms with Crippen LogP contribution in [-0.2, 0) is 20.1 Å². The third-order valence-electron chi connectivity index (χ3n) is 4.15. The molecule has 148 valence electrons. The van der Waals surface area contributed by atoms with Gasteiger partial charge in [-0.15, -0.1) is 24.0 Å². The largest absolute Gasteiger partial charge is 0.490 e. The van der Waals surface area contributed by atoms with Crippen LogP contribution in [0.15, 0.2) is 29.3 Å². The predicted molar refractivity (Wildman–Crippen MR) is 120 cm³/mol. The molecule has 0 fully saturated rings. The van der Waals surface area contributed by atoms with Crippen LogP contribution >= 0.6 is 47.2 Å². The van der Waals surface area contributed by atoms with Crippen molar-refractivity contribution in [1.29, 1.82) is 0 Å². The van der Waals surface area contributed by atoms with E-state index in [2.05, 4.69) is 15.6 Å². The predicted octanol–water partition coefficient (Wildman–Crippen LogP) is 3.98. The average Bonchev–Trinajstić information content (AvgIpc) is 2.83. The van der Waals surface area contributed by atoms with Gasteiger partial charge in [0.1, 0.15) is 5.15 Å². The molecule has 0 saturated heterocycles. The molecule has 2 N–H and O–H groups in total. The van der Waals surface area contributed by atoms with Gasteiger partial charge in [-0.3, -0.25) is 4.99 Å². The average molecular weight is 525 g/mol. The first kappa shape index (κ1) is 22.0. The maximum absolute atomic E-state index is 6.09. The molecule has 1 aromatic heterocycles. The van der Waals surface area contributed by atoms with Gasteiger partial charge in [0, 0.05) is 32.8 Å². The molecular weight excluding hydrogens is 502 g/mol. The zero-order chi connectivity index (χ0) is 18.5. The summed E-state index contributed by atoms with van der Waals surface area (Å²) in [6.45, 7) is 2.54. The number of nitrogens with one attached hydrogen (secondary N) is 2. The summed E-state index contributed by atoms with van der Waals surface area (Å²) in [5.74, 6) is 2.27. The summed E-state index contributed by atoms with van der Waals surface area (Å²) in [6, 6.07) is 7.80. The SMILES string of the molecule is CN=C(NCc1ccc2c(c1)OCCCO2)NCc1cc(Cl)c(Cl)n1C.I. The minimum absolute atomic E-state index is 0. The molecule has 27 heavy (non-hydrogen) atoms. The van der Waals surface area contributed by atoms with Gasteiger partial charge in [0.15, 0.2) is 17.5 Å². The number of halogens is 3. The minimum atomic E-state index is 0. The van der Waals surface area contributed by atoms with Crippen LogP contribution in [0.4, 0.5) is 0 Å². The fourth-order valence-electron chi connectivity index (χ4n) is 2.66. The summed E-state index contributed by atoms with van der Waals surface area (Å²) in [6.07, 6.45) is 0.895. The Morgan fingerprint density at radius 2 is 1.81 bits per heavy atom. The first-order valence-corrected chi connectivity index (χ1v) is 9.16. The molecule has 9 heteroatoms. The Balaban J connectivity index is 0.00000261. The molecule has 1 aliphatic rings. The van der Waals surface area contributed by atoms with Crippen molar-refractivity contribution in [1.82, 2.24) is 15.2 Å². The highest BCUT2D eigenvalue weighted by Gasteiger charge is 2.12. The van der Waals surface area contributed by atoms with E-state index >= 15 is 0 Å². The lowest BCUT2D eigenvalue weighted by molar-refractivity contribution is 0.297. The van der Waals surface area contributed by atoms with Crippen LogP contribution in [0.5, 0.6) is 11.5 Å². The van der Waals surface area contributed by atoms with Crippen molar-refractivity contribution in [2.24, 2.45) is 12.0 Å². The van der Waals surface area contributed by atoms with E-state index in [1.165, 1.54) is 0 Å². The number of aromatic nitrogens is 1. The highest BCUT2D eigenvalue weighted by atomic mass is 127. The third-order valence-corrected chi connectivity index (χ3v) is 4.99. The second kappa shape index (κ2) is 10.3. The Bertz CT molecular complexity index is 811. The van der Waals surface area contributed by atoms with Crippen LogP contribution in [0.3, 0.4) is 0 Å². The second-order valence-electron chi connectivity index (χ2n) is 5.94. The van der Waals surface area contributed by atoms with Crippen molar-refractivity contribution in [2.45, 2.75) is 19.5 Å². The fourth-order valence-corrected chi connectivity index (χ4v) is 3.07. The van der Waals surface area contributed by atoms with Gasteiger partial charge in [0.2, 0.25) is 0 Å². The summed E-state index contributed by atoms with van der Waals surface area (Å²) in [7, 11) is 3.60. The smallest absolute Gasteiger partial charge is 0.191 e. The lowest BCUT2D eigenvalue weighted by Crippen LogP contribution is -2.36. The first-order valence-electron chi connectivity index (χ1n) is 8.41. The molecule has 1 aromatic carbocycles. The topological polar surface area (TPSA) is 59.8 Å². The molecule has 2 heterocycles. The lowest BCUT2D eigenvalue weighted by Gasteiger charge is -2.14. The van der Waals surface area contributed by atoms with Gasteiger partial charge >= 0.3 is 0 Å². The Labute approximate surface area is 186 Å². The van der Waals surface area contributed by atoms with E-state index in [1.807, 2.05) is 35.9 Å². The van der Waals surface area contributed by atoms with E-state index in [-0.39, 0.29) is 24.0 Å². The van der Waals surface area contributed by atoms with E-state index < -0.39 is 0 Å². The van der Waals surface area contributed by atoms with Crippen molar-refractivity contribution >= 4 is 53.1 Å². The Kier molecular flexibility index (Phi) is 8.37. The molecule has 0 radical (unpaired) electrons. The zero-order valence-electron chi connectivity index (χ0n) is 15.2. The number of hydrogen-bond acceptors (Lipinski definition) is 3. The first-order chi connectivity index (χ1) is 12.6. The molecule has 0 amide bonds. The van der Waals surface area contributed by atoms with Gasteiger partial charge in [0.05, 0.1) is 24.8 Å². The molecule has 1 aliphatic heterocycles. The van der Waals surface area contributed by atoms with Crippen molar-refractivity contribution in [3.05, 3.63) is 45.7 Å². The number of hydrogen-bond donors (Lipinski definition) is 2.